The number of hydrogen-bond donors (Lipinski definition) is 1. The third kappa shape index (κ3) is 4.59. The largest absolute Gasteiger partial charge is 0.480 e. The smallest absolute Gasteiger partial charge is 0.326 e. The lowest BCUT2D eigenvalue weighted by Gasteiger charge is -2.27. The minimum Gasteiger partial charge on any atom is -0.480 e. The first-order chi connectivity index (χ1) is 9.90. The highest BCUT2D eigenvalue weighted by atomic mass is 16.5. The van der Waals surface area contributed by atoms with E-state index in [1.807, 2.05) is 0 Å². The third-order valence-corrected chi connectivity index (χ3v) is 3.56. The summed E-state index contributed by atoms with van der Waals surface area (Å²) in [4.78, 5) is 37.2. The minimum atomic E-state index is -1.04. The van der Waals surface area contributed by atoms with Gasteiger partial charge in [-0.2, -0.15) is 0 Å². The minimum absolute atomic E-state index is 0.219. The average Bonchev–Trinajstić information content (AvgIpc) is 2.90. The number of methoxy groups -OCH3 is 2. The Kier molecular flexibility index (Phi) is 6.41. The van der Waals surface area contributed by atoms with Crippen molar-refractivity contribution in [2.75, 3.05) is 34.4 Å². The molecule has 1 heterocycles. The number of ether oxygens (including phenoxy) is 2. The lowest BCUT2D eigenvalue weighted by molar-refractivity contribution is -0.141. The second kappa shape index (κ2) is 7.82. The number of carboxylic acid groups (broad SMARTS) is 1. The average molecular weight is 302 g/mol. The van der Waals surface area contributed by atoms with Gasteiger partial charge in [0.15, 0.2) is 0 Å². The van der Waals surface area contributed by atoms with Crippen molar-refractivity contribution >= 4 is 18.0 Å². The van der Waals surface area contributed by atoms with Crippen LogP contribution in [-0.2, 0) is 19.1 Å². The van der Waals surface area contributed by atoms with Crippen molar-refractivity contribution < 1.29 is 29.0 Å². The van der Waals surface area contributed by atoms with Crippen molar-refractivity contribution in [1.29, 1.82) is 0 Å². The fourth-order valence-electron chi connectivity index (χ4n) is 2.29. The van der Waals surface area contributed by atoms with Crippen molar-refractivity contribution in [3.8, 4) is 0 Å². The van der Waals surface area contributed by atoms with Crippen molar-refractivity contribution in [3.63, 3.8) is 0 Å². The molecule has 120 valence electrons. The zero-order valence-corrected chi connectivity index (χ0v) is 12.6. The second-order valence-electron chi connectivity index (χ2n) is 4.98. The van der Waals surface area contributed by atoms with Crippen molar-refractivity contribution in [2.24, 2.45) is 0 Å². The molecule has 1 aliphatic heterocycles. The van der Waals surface area contributed by atoms with Crippen molar-refractivity contribution in [1.82, 2.24) is 9.80 Å². The zero-order chi connectivity index (χ0) is 16.0. The highest BCUT2D eigenvalue weighted by molar-refractivity contribution is 5.83. The first-order valence-corrected chi connectivity index (χ1v) is 6.74. The summed E-state index contributed by atoms with van der Waals surface area (Å²) in [5.41, 5.74) is 0. The van der Waals surface area contributed by atoms with Crippen LogP contribution in [0, 0.1) is 0 Å². The normalized spacial score (nSPS) is 21.2. The summed E-state index contributed by atoms with van der Waals surface area (Å²) in [6.07, 6.45) is 0.706. The number of likely N-dealkylation sites (tertiary alicyclic amines) is 1. The number of aliphatic carboxylic acids is 1. The van der Waals surface area contributed by atoms with Gasteiger partial charge in [-0.25, -0.2) is 9.59 Å². The number of urea groups is 1. The molecule has 2 unspecified atom stereocenters. The Morgan fingerprint density at radius 1 is 1.33 bits per heavy atom. The van der Waals surface area contributed by atoms with Crippen LogP contribution in [0.4, 0.5) is 4.79 Å². The number of rotatable bonds is 6. The van der Waals surface area contributed by atoms with E-state index in [1.54, 1.807) is 7.05 Å². The molecule has 1 fully saturated rings. The maximum atomic E-state index is 12.3. The number of amides is 2. The summed E-state index contributed by atoms with van der Waals surface area (Å²) in [6, 6.07) is -1.24. The SMILES string of the molecule is COC(=O)CCCN(C)C(=O)N1CC(OC)CC1C(=O)O. The maximum absolute atomic E-state index is 12.3. The van der Waals surface area contributed by atoms with Crippen LogP contribution < -0.4 is 0 Å². The van der Waals surface area contributed by atoms with Crippen LogP contribution in [0.15, 0.2) is 0 Å². The molecule has 1 N–H and O–H groups in total. The molecule has 0 aliphatic carbocycles. The molecule has 2 amide bonds. The van der Waals surface area contributed by atoms with E-state index < -0.39 is 12.0 Å². The molecule has 1 aliphatic rings. The number of nitrogens with zero attached hydrogens (tertiary/aromatic N) is 2. The summed E-state index contributed by atoms with van der Waals surface area (Å²) in [5, 5.41) is 9.18. The van der Waals surface area contributed by atoms with E-state index in [9.17, 15) is 19.5 Å². The Balaban J connectivity index is 2.55. The van der Waals surface area contributed by atoms with Crippen LogP contribution >= 0.6 is 0 Å². The van der Waals surface area contributed by atoms with E-state index in [0.717, 1.165) is 0 Å². The van der Waals surface area contributed by atoms with Crippen molar-refractivity contribution in [3.05, 3.63) is 0 Å². The number of esters is 1. The van der Waals surface area contributed by atoms with Crippen LogP contribution in [0.3, 0.4) is 0 Å². The topological polar surface area (TPSA) is 96.4 Å². The molecule has 0 radical (unpaired) electrons. The predicted octanol–water partition coefficient (Wildman–Crippen LogP) is 0.165. The number of carboxylic acids is 1. The number of carbonyl (C=O) groups excluding carboxylic acids is 2. The molecule has 1 saturated heterocycles. The van der Waals surface area contributed by atoms with E-state index in [-0.39, 0.29) is 37.5 Å². The van der Waals surface area contributed by atoms with E-state index in [0.29, 0.717) is 13.0 Å². The van der Waals surface area contributed by atoms with Gasteiger partial charge >= 0.3 is 18.0 Å². The molecule has 0 spiro atoms. The Bertz CT molecular complexity index is 400. The zero-order valence-electron chi connectivity index (χ0n) is 12.6. The summed E-state index contributed by atoms with van der Waals surface area (Å²) >= 11 is 0. The Hall–Kier alpha value is -1.83. The summed E-state index contributed by atoms with van der Waals surface area (Å²) in [6.45, 7) is 0.613. The summed E-state index contributed by atoms with van der Waals surface area (Å²) in [7, 11) is 4.39. The Morgan fingerprint density at radius 2 is 2.00 bits per heavy atom. The van der Waals surface area contributed by atoms with Crippen LogP contribution in [0.2, 0.25) is 0 Å². The van der Waals surface area contributed by atoms with Gasteiger partial charge in [0, 0.05) is 40.1 Å². The van der Waals surface area contributed by atoms with Gasteiger partial charge in [0.1, 0.15) is 6.04 Å². The third-order valence-electron chi connectivity index (χ3n) is 3.56. The Morgan fingerprint density at radius 3 is 2.52 bits per heavy atom. The predicted molar refractivity (Wildman–Crippen MR) is 72.8 cm³/mol. The standard InChI is InChI=1S/C13H22N2O6/c1-14(6-4-5-11(16)21-3)13(19)15-8-9(20-2)7-10(15)12(17)18/h9-10H,4-8H2,1-3H3,(H,17,18). The van der Waals surface area contributed by atoms with Gasteiger partial charge < -0.3 is 24.4 Å². The van der Waals surface area contributed by atoms with E-state index >= 15 is 0 Å². The quantitative estimate of drug-likeness (QED) is 0.702. The molecule has 0 aromatic rings. The first-order valence-electron chi connectivity index (χ1n) is 6.74. The number of carbonyl (C=O) groups is 3. The molecule has 1 rings (SSSR count). The monoisotopic (exact) mass is 302 g/mol. The molecule has 0 aromatic heterocycles. The summed E-state index contributed by atoms with van der Waals surface area (Å²) in [5.74, 6) is -1.37. The molecule has 2 atom stereocenters. The fourth-order valence-corrected chi connectivity index (χ4v) is 2.29. The van der Waals surface area contributed by atoms with Gasteiger partial charge in [0.05, 0.1) is 13.2 Å². The fraction of sp³-hybridized carbons (Fsp3) is 0.769. The van der Waals surface area contributed by atoms with Gasteiger partial charge in [-0.15, -0.1) is 0 Å². The summed E-state index contributed by atoms with van der Waals surface area (Å²) < 4.78 is 9.66. The van der Waals surface area contributed by atoms with Gasteiger partial charge in [-0.1, -0.05) is 0 Å². The molecule has 8 heteroatoms. The van der Waals surface area contributed by atoms with Crippen LogP contribution in [0.1, 0.15) is 19.3 Å². The van der Waals surface area contributed by atoms with Gasteiger partial charge in [-0.3, -0.25) is 4.79 Å². The first kappa shape index (κ1) is 17.2. The van der Waals surface area contributed by atoms with Crippen LogP contribution in [0.5, 0.6) is 0 Å². The molecular formula is C13H22N2O6. The van der Waals surface area contributed by atoms with E-state index in [4.69, 9.17) is 4.74 Å². The van der Waals surface area contributed by atoms with Crippen LogP contribution in [-0.4, -0.2) is 79.4 Å². The van der Waals surface area contributed by atoms with Gasteiger partial charge in [-0.05, 0) is 6.42 Å². The van der Waals surface area contributed by atoms with E-state index in [2.05, 4.69) is 4.74 Å². The highest BCUT2D eigenvalue weighted by Crippen LogP contribution is 2.21. The van der Waals surface area contributed by atoms with Crippen LogP contribution in [0.25, 0.3) is 0 Å². The molecular weight excluding hydrogens is 280 g/mol. The van der Waals surface area contributed by atoms with Crippen molar-refractivity contribution in [2.45, 2.75) is 31.4 Å². The second-order valence-corrected chi connectivity index (χ2v) is 4.98. The molecule has 0 saturated carbocycles. The molecule has 8 nitrogen and oxygen atoms in total. The molecule has 0 bridgehead atoms. The number of hydrogen-bond acceptors (Lipinski definition) is 5. The van der Waals surface area contributed by atoms with Gasteiger partial charge in [0.2, 0.25) is 0 Å². The lowest BCUT2D eigenvalue weighted by Crippen LogP contribution is -2.47. The van der Waals surface area contributed by atoms with E-state index in [1.165, 1.54) is 24.0 Å². The highest BCUT2D eigenvalue weighted by Gasteiger charge is 2.40. The molecule has 0 aromatic carbocycles. The lowest BCUT2D eigenvalue weighted by atomic mass is 10.2. The molecule has 21 heavy (non-hydrogen) atoms. The Labute approximate surface area is 123 Å². The maximum Gasteiger partial charge on any atom is 0.326 e. The van der Waals surface area contributed by atoms with Gasteiger partial charge in [0.25, 0.3) is 0 Å².